The summed E-state index contributed by atoms with van der Waals surface area (Å²) in [5.41, 5.74) is 2.26. The van der Waals surface area contributed by atoms with Gasteiger partial charge in [-0.15, -0.1) is 5.10 Å². The Morgan fingerprint density at radius 2 is 2.13 bits per heavy atom. The van der Waals surface area contributed by atoms with E-state index in [9.17, 15) is 4.79 Å². The van der Waals surface area contributed by atoms with Crippen molar-refractivity contribution in [3.8, 4) is 5.88 Å². The topological polar surface area (TPSA) is 68.2 Å². The molecule has 120 valence electrons. The molecule has 23 heavy (non-hydrogen) atoms. The molecule has 0 aliphatic carbocycles. The van der Waals surface area contributed by atoms with Crippen molar-refractivity contribution in [2.24, 2.45) is 0 Å². The van der Waals surface area contributed by atoms with E-state index < -0.39 is 0 Å². The normalized spacial score (nSPS) is 17.8. The van der Waals surface area contributed by atoms with E-state index in [0.717, 1.165) is 30.8 Å². The van der Waals surface area contributed by atoms with Crippen LogP contribution in [0.15, 0.2) is 30.5 Å². The van der Waals surface area contributed by atoms with Crippen molar-refractivity contribution in [1.82, 2.24) is 20.1 Å². The van der Waals surface area contributed by atoms with Crippen LogP contribution in [0.1, 0.15) is 34.6 Å². The minimum atomic E-state index is -0.0540. The van der Waals surface area contributed by atoms with Gasteiger partial charge in [0, 0.05) is 24.5 Å². The van der Waals surface area contributed by atoms with Crippen molar-refractivity contribution in [3.63, 3.8) is 0 Å². The maximum Gasteiger partial charge on any atom is 0.255 e. The van der Waals surface area contributed by atoms with Crippen molar-refractivity contribution in [3.05, 3.63) is 47.4 Å². The number of carbonyl (C=O) groups excluding carboxylic acids is 1. The lowest BCUT2D eigenvalue weighted by Crippen LogP contribution is -2.44. The van der Waals surface area contributed by atoms with Crippen molar-refractivity contribution >= 4 is 5.91 Å². The molecule has 1 amide bonds. The molecule has 1 atom stereocenters. The third-order valence-electron chi connectivity index (χ3n) is 3.96. The van der Waals surface area contributed by atoms with Gasteiger partial charge in [0.25, 0.3) is 5.91 Å². The lowest BCUT2D eigenvalue weighted by molar-refractivity contribution is 0.0524. The molecule has 1 unspecified atom stereocenters. The average molecular weight is 312 g/mol. The monoisotopic (exact) mass is 312 g/mol. The summed E-state index contributed by atoms with van der Waals surface area (Å²) in [7, 11) is 0. The minimum absolute atomic E-state index is 0.0129. The Balaban J connectivity index is 1.67. The molecule has 1 fully saturated rings. The van der Waals surface area contributed by atoms with E-state index in [0.29, 0.717) is 18.0 Å². The van der Waals surface area contributed by atoms with Crippen molar-refractivity contribution in [2.45, 2.75) is 32.8 Å². The van der Waals surface area contributed by atoms with Gasteiger partial charge in [-0.05, 0) is 44.9 Å². The van der Waals surface area contributed by atoms with Gasteiger partial charge in [-0.3, -0.25) is 9.78 Å². The summed E-state index contributed by atoms with van der Waals surface area (Å²) in [6.07, 6.45) is 3.46. The minimum Gasteiger partial charge on any atom is -0.471 e. The highest BCUT2D eigenvalue weighted by Gasteiger charge is 2.26. The van der Waals surface area contributed by atoms with E-state index >= 15 is 0 Å². The molecule has 0 saturated carbocycles. The average Bonchev–Trinajstić information content (AvgIpc) is 2.57. The van der Waals surface area contributed by atoms with Crippen LogP contribution in [0, 0.1) is 13.8 Å². The molecule has 0 radical (unpaired) electrons. The van der Waals surface area contributed by atoms with Crippen molar-refractivity contribution < 1.29 is 9.53 Å². The van der Waals surface area contributed by atoms with Gasteiger partial charge in [0.2, 0.25) is 5.88 Å². The van der Waals surface area contributed by atoms with Gasteiger partial charge >= 0.3 is 0 Å². The van der Waals surface area contributed by atoms with Crippen LogP contribution in [0.3, 0.4) is 0 Å². The highest BCUT2D eigenvalue weighted by molar-refractivity contribution is 5.95. The van der Waals surface area contributed by atoms with Gasteiger partial charge in [0.05, 0.1) is 17.8 Å². The van der Waals surface area contributed by atoms with Gasteiger partial charge < -0.3 is 9.64 Å². The summed E-state index contributed by atoms with van der Waals surface area (Å²) in [6, 6.07) is 7.29. The Kier molecular flexibility index (Phi) is 4.50. The third kappa shape index (κ3) is 3.64. The molecule has 0 N–H and O–H groups in total. The number of aryl methyl sites for hydroxylation is 2. The number of carbonyl (C=O) groups is 1. The van der Waals surface area contributed by atoms with Crippen LogP contribution in [0.25, 0.3) is 0 Å². The molecular weight excluding hydrogens is 292 g/mol. The van der Waals surface area contributed by atoms with Gasteiger partial charge in [0.1, 0.15) is 6.10 Å². The first-order valence-electron chi connectivity index (χ1n) is 7.81. The lowest BCUT2D eigenvalue weighted by atomic mass is 10.1. The van der Waals surface area contributed by atoms with E-state index in [-0.39, 0.29) is 12.0 Å². The van der Waals surface area contributed by atoms with Gasteiger partial charge in [-0.1, -0.05) is 0 Å². The first-order chi connectivity index (χ1) is 11.1. The second-order valence-electron chi connectivity index (χ2n) is 5.78. The van der Waals surface area contributed by atoms with Crippen LogP contribution in [0.5, 0.6) is 5.88 Å². The molecule has 6 heteroatoms. The zero-order valence-corrected chi connectivity index (χ0v) is 13.4. The first kappa shape index (κ1) is 15.4. The highest BCUT2D eigenvalue weighted by Crippen LogP contribution is 2.19. The number of hydrogen-bond donors (Lipinski definition) is 0. The summed E-state index contributed by atoms with van der Waals surface area (Å²) >= 11 is 0. The summed E-state index contributed by atoms with van der Waals surface area (Å²) in [5, 5.41) is 8.02. The zero-order chi connectivity index (χ0) is 16.2. The number of aromatic nitrogens is 3. The second-order valence-corrected chi connectivity index (χ2v) is 5.78. The first-order valence-corrected chi connectivity index (χ1v) is 7.81. The lowest BCUT2D eigenvalue weighted by Gasteiger charge is -2.32. The van der Waals surface area contributed by atoms with Crippen LogP contribution in [-0.4, -0.2) is 45.2 Å². The van der Waals surface area contributed by atoms with E-state index in [1.54, 1.807) is 12.3 Å². The number of ether oxygens (including phenoxy) is 1. The van der Waals surface area contributed by atoms with E-state index in [4.69, 9.17) is 4.74 Å². The van der Waals surface area contributed by atoms with Crippen LogP contribution in [-0.2, 0) is 0 Å². The molecule has 3 heterocycles. The Morgan fingerprint density at radius 1 is 1.26 bits per heavy atom. The number of likely N-dealkylation sites (tertiary alicyclic amines) is 1. The predicted octanol–water partition coefficient (Wildman–Crippen LogP) is 2.17. The largest absolute Gasteiger partial charge is 0.471 e. The molecule has 6 nitrogen and oxygen atoms in total. The van der Waals surface area contributed by atoms with E-state index in [1.807, 2.05) is 36.9 Å². The Morgan fingerprint density at radius 3 is 2.87 bits per heavy atom. The van der Waals surface area contributed by atoms with Gasteiger partial charge in [-0.25, -0.2) is 0 Å². The fourth-order valence-electron chi connectivity index (χ4n) is 2.72. The molecule has 1 aliphatic rings. The smallest absolute Gasteiger partial charge is 0.255 e. The number of nitrogens with zero attached hydrogens (tertiary/aromatic N) is 4. The van der Waals surface area contributed by atoms with Crippen LogP contribution in [0.4, 0.5) is 0 Å². The maximum atomic E-state index is 12.7. The molecule has 0 bridgehead atoms. The predicted molar refractivity (Wildman–Crippen MR) is 85.3 cm³/mol. The van der Waals surface area contributed by atoms with Gasteiger partial charge in [-0.2, -0.15) is 5.10 Å². The molecule has 2 aromatic heterocycles. The Hall–Kier alpha value is -2.50. The Labute approximate surface area is 135 Å². The fourth-order valence-corrected chi connectivity index (χ4v) is 2.72. The number of rotatable bonds is 3. The summed E-state index contributed by atoms with van der Waals surface area (Å²) in [6.45, 7) is 5.04. The number of amides is 1. The molecular formula is C17H20N4O2. The van der Waals surface area contributed by atoms with Crippen LogP contribution < -0.4 is 4.74 Å². The van der Waals surface area contributed by atoms with Gasteiger partial charge in [0.15, 0.2) is 0 Å². The molecule has 1 saturated heterocycles. The van der Waals surface area contributed by atoms with Crippen LogP contribution >= 0.6 is 0 Å². The Bertz CT molecular complexity index is 687. The molecule has 3 rings (SSSR count). The van der Waals surface area contributed by atoms with Crippen LogP contribution in [0.2, 0.25) is 0 Å². The summed E-state index contributed by atoms with van der Waals surface area (Å²) < 4.78 is 5.87. The standard InChI is InChI=1S/C17H20N4O2/c1-12-7-8-16(20-19-12)23-14-5-4-10-21(11-14)17(22)15-6-3-9-18-13(15)2/h3,6-9,14H,4-5,10-11H2,1-2H3. The second kappa shape index (κ2) is 6.73. The maximum absolute atomic E-state index is 12.7. The highest BCUT2D eigenvalue weighted by atomic mass is 16.5. The number of hydrogen-bond acceptors (Lipinski definition) is 5. The molecule has 0 spiro atoms. The molecule has 2 aromatic rings. The number of pyridine rings is 1. The van der Waals surface area contributed by atoms with E-state index in [1.165, 1.54) is 0 Å². The fraction of sp³-hybridized carbons (Fsp3) is 0.412. The quantitative estimate of drug-likeness (QED) is 0.869. The van der Waals surface area contributed by atoms with Crippen molar-refractivity contribution in [1.29, 1.82) is 0 Å². The SMILES string of the molecule is Cc1ccc(OC2CCCN(C(=O)c3cccnc3C)C2)nn1. The summed E-state index contributed by atoms with van der Waals surface area (Å²) in [5.74, 6) is 0.520. The summed E-state index contributed by atoms with van der Waals surface area (Å²) in [4.78, 5) is 18.7. The molecule has 0 aromatic carbocycles. The molecule has 1 aliphatic heterocycles. The zero-order valence-electron chi connectivity index (χ0n) is 13.4. The van der Waals surface area contributed by atoms with E-state index in [2.05, 4.69) is 15.2 Å². The number of piperidine rings is 1. The van der Waals surface area contributed by atoms with Crippen molar-refractivity contribution in [2.75, 3.05) is 13.1 Å². The third-order valence-corrected chi connectivity index (χ3v) is 3.96.